The molecule has 0 aliphatic carbocycles. The highest BCUT2D eigenvalue weighted by atomic mass is 32.2. The van der Waals surface area contributed by atoms with Crippen molar-refractivity contribution < 1.29 is 18.0 Å². The Kier molecular flexibility index (Phi) is 4.70. The first kappa shape index (κ1) is 16.3. The van der Waals surface area contributed by atoms with E-state index >= 15 is 0 Å². The Morgan fingerprint density at radius 2 is 2.00 bits per heavy atom. The number of hydrogen-bond donors (Lipinski definition) is 2. The van der Waals surface area contributed by atoms with Crippen LogP contribution in [-0.2, 0) is 19.6 Å². The molecule has 120 valence electrons. The maximum absolute atomic E-state index is 11.9. The molecule has 2 rings (SSSR count). The van der Waals surface area contributed by atoms with E-state index in [9.17, 15) is 18.0 Å². The maximum Gasteiger partial charge on any atom is 0.313 e. The molecule has 0 radical (unpaired) electrons. The zero-order valence-electron chi connectivity index (χ0n) is 12.5. The van der Waals surface area contributed by atoms with E-state index in [0.29, 0.717) is 36.4 Å². The number of benzene rings is 1. The predicted molar refractivity (Wildman–Crippen MR) is 84.2 cm³/mol. The van der Waals surface area contributed by atoms with Crippen molar-refractivity contribution in [3.63, 3.8) is 0 Å². The molecule has 1 aromatic rings. The van der Waals surface area contributed by atoms with Crippen molar-refractivity contribution in [2.75, 3.05) is 28.5 Å². The van der Waals surface area contributed by atoms with Gasteiger partial charge in [-0.15, -0.1) is 0 Å². The summed E-state index contributed by atoms with van der Waals surface area (Å²) < 4.78 is 25.2. The Labute approximate surface area is 129 Å². The van der Waals surface area contributed by atoms with Crippen LogP contribution < -0.4 is 14.9 Å². The van der Waals surface area contributed by atoms with Gasteiger partial charge in [0.1, 0.15) is 0 Å². The molecule has 0 unspecified atom stereocenters. The highest BCUT2D eigenvalue weighted by Gasteiger charge is 2.28. The second-order valence-electron chi connectivity index (χ2n) is 5.05. The first-order valence-electron chi connectivity index (χ1n) is 7.05. The molecule has 7 nitrogen and oxygen atoms in total. The molecule has 1 fully saturated rings. The van der Waals surface area contributed by atoms with Gasteiger partial charge in [0.05, 0.1) is 11.4 Å². The van der Waals surface area contributed by atoms with E-state index in [1.165, 1.54) is 4.31 Å². The molecular weight excluding hydrogens is 306 g/mol. The number of nitrogens with zero attached hydrogens (tertiary/aromatic N) is 1. The van der Waals surface area contributed by atoms with Crippen molar-refractivity contribution >= 4 is 33.2 Å². The van der Waals surface area contributed by atoms with Crippen LogP contribution in [0.25, 0.3) is 0 Å². The van der Waals surface area contributed by atoms with Crippen molar-refractivity contribution in [1.29, 1.82) is 0 Å². The quantitative estimate of drug-likeness (QED) is 0.796. The lowest BCUT2D eigenvalue weighted by Gasteiger charge is -2.18. The number of aryl methyl sites for hydroxylation is 1. The van der Waals surface area contributed by atoms with E-state index in [-0.39, 0.29) is 5.75 Å². The number of sulfonamides is 1. The molecule has 1 saturated heterocycles. The van der Waals surface area contributed by atoms with Crippen LogP contribution in [0.3, 0.4) is 0 Å². The third-order valence-electron chi connectivity index (χ3n) is 3.39. The van der Waals surface area contributed by atoms with Gasteiger partial charge in [-0.3, -0.25) is 13.9 Å². The van der Waals surface area contributed by atoms with Crippen LogP contribution in [0.1, 0.15) is 18.9 Å². The highest BCUT2D eigenvalue weighted by molar-refractivity contribution is 7.93. The molecule has 0 aromatic heterocycles. The molecule has 2 N–H and O–H groups in total. The molecule has 0 spiro atoms. The molecule has 1 aromatic carbocycles. The van der Waals surface area contributed by atoms with Gasteiger partial charge >= 0.3 is 11.8 Å². The zero-order chi connectivity index (χ0) is 16.3. The van der Waals surface area contributed by atoms with E-state index in [2.05, 4.69) is 10.6 Å². The van der Waals surface area contributed by atoms with Crippen molar-refractivity contribution in [3.05, 3.63) is 23.8 Å². The summed E-state index contributed by atoms with van der Waals surface area (Å²) in [6.45, 7) is 4.31. The maximum atomic E-state index is 11.9. The second-order valence-corrected chi connectivity index (χ2v) is 7.07. The summed E-state index contributed by atoms with van der Waals surface area (Å²) in [5.74, 6) is -1.29. The van der Waals surface area contributed by atoms with Gasteiger partial charge in [-0.25, -0.2) is 8.42 Å². The monoisotopic (exact) mass is 325 g/mol. The van der Waals surface area contributed by atoms with Crippen molar-refractivity contribution in [1.82, 2.24) is 5.32 Å². The van der Waals surface area contributed by atoms with Gasteiger partial charge in [0.15, 0.2) is 0 Å². The van der Waals surface area contributed by atoms with Crippen LogP contribution in [0.4, 0.5) is 11.4 Å². The van der Waals surface area contributed by atoms with Gasteiger partial charge < -0.3 is 10.6 Å². The van der Waals surface area contributed by atoms with Crippen LogP contribution in [0, 0.1) is 6.92 Å². The lowest BCUT2D eigenvalue weighted by molar-refractivity contribution is -0.136. The van der Waals surface area contributed by atoms with Crippen molar-refractivity contribution in [3.8, 4) is 0 Å². The predicted octanol–water partition coefficient (Wildman–Crippen LogP) is 0.610. The fraction of sp³-hybridized carbons (Fsp3) is 0.429. The van der Waals surface area contributed by atoms with Crippen molar-refractivity contribution in [2.24, 2.45) is 0 Å². The van der Waals surface area contributed by atoms with E-state index in [1.807, 2.05) is 0 Å². The molecule has 1 aliphatic rings. The molecular formula is C14H19N3O4S. The Hall–Kier alpha value is -2.09. The summed E-state index contributed by atoms with van der Waals surface area (Å²) in [5.41, 5.74) is 1.75. The van der Waals surface area contributed by atoms with Crippen LogP contribution in [0.2, 0.25) is 0 Å². The first-order valence-corrected chi connectivity index (χ1v) is 8.66. The third-order valence-corrected chi connectivity index (χ3v) is 5.26. The van der Waals surface area contributed by atoms with Gasteiger partial charge in [0, 0.05) is 18.8 Å². The summed E-state index contributed by atoms with van der Waals surface area (Å²) in [4.78, 5) is 23.1. The van der Waals surface area contributed by atoms with Crippen LogP contribution in [0.15, 0.2) is 18.2 Å². The topological polar surface area (TPSA) is 95.6 Å². The second kappa shape index (κ2) is 6.35. The Balaban J connectivity index is 2.17. The summed E-state index contributed by atoms with van der Waals surface area (Å²) in [6, 6.07) is 4.93. The molecule has 0 saturated carbocycles. The number of carbonyl (C=O) groups excluding carboxylic acids is 2. The standard InChI is InChI=1S/C14H19N3O4S/c1-3-15-13(18)14(19)16-12-6-5-11(9-10(12)2)17-7-4-8-22(17,20)21/h5-6,9H,3-4,7-8H2,1-2H3,(H,15,18)(H,16,19). The summed E-state index contributed by atoms with van der Waals surface area (Å²) in [5, 5.41) is 4.93. The lowest BCUT2D eigenvalue weighted by atomic mass is 10.1. The summed E-state index contributed by atoms with van der Waals surface area (Å²) in [7, 11) is -3.23. The Bertz CT molecular complexity index is 700. The van der Waals surface area contributed by atoms with Gasteiger partial charge in [0.2, 0.25) is 10.0 Å². The Morgan fingerprint density at radius 1 is 1.27 bits per heavy atom. The van der Waals surface area contributed by atoms with E-state index in [4.69, 9.17) is 0 Å². The SMILES string of the molecule is CCNC(=O)C(=O)Nc1ccc(N2CCCS2(=O)=O)cc1C. The van der Waals surface area contributed by atoms with Crippen LogP contribution >= 0.6 is 0 Å². The average Bonchev–Trinajstić information content (AvgIpc) is 2.80. The number of carbonyl (C=O) groups is 2. The number of anilines is 2. The number of likely N-dealkylation sites (N-methyl/N-ethyl adjacent to an activating group) is 1. The molecule has 2 amide bonds. The number of hydrogen-bond acceptors (Lipinski definition) is 4. The normalized spacial score (nSPS) is 16.4. The minimum atomic E-state index is -3.23. The van der Waals surface area contributed by atoms with Crippen LogP contribution in [0.5, 0.6) is 0 Å². The van der Waals surface area contributed by atoms with Gasteiger partial charge in [0.25, 0.3) is 0 Å². The number of amides is 2. The summed E-state index contributed by atoms with van der Waals surface area (Å²) in [6.07, 6.45) is 0.608. The Morgan fingerprint density at radius 3 is 2.55 bits per heavy atom. The fourth-order valence-corrected chi connectivity index (χ4v) is 3.85. The lowest BCUT2D eigenvalue weighted by Crippen LogP contribution is -2.35. The minimum Gasteiger partial charge on any atom is -0.348 e. The molecule has 1 heterocycles. The smallest absolute Gasteiger partial charge is 0.313 e. The average molecular weight is 325 g/mol. The minimum absolute atomic E-state index is 0.154. The van der Waals surface area contributed by atoms with E-state index < -0.39 is 21.8 Å². The molecule has 8 heteroatoms. The van der Waals surface area contributed by atoms with E-state index in [0.717, 1.165) is 0 Å². The number of rotatable bonds is 3. The molecule has 0 bridgehead atoms. The highest BCUT2D eigenvalue weighted by Crippen LogP contribution is 2.27. The van der Waals surface area contributed by atoms with Crippen molar-refractivity contribution in [2.45, 2.75) is 20.3 Å². The van der Waals surface area contributed by atoms with E-state index in [1.54, 1.807) is 32.0 Å². The van der Waals surface area contributed by atoms with Gasteiger partial charge in [-0.05, 0) is 44.0 Å². The zero-order valence-corrected chi connectivity index (χ0v) is 13.4. The fourth-order valence-electron chi connectivity index (χ4n) is 2.29. The third kappa shape index (κ3) is 3.38. The molecule has 22 heavy (non-hydrogen) atoms. The summed E-state index contributed by atoms with van der Waals surface area (Å²) >= 11 is 0. The van der Waals surface area contributed by atoms with Gasteiger partial charge in [-0.2, -0.15) is 0 Å². The van der Waals surface area contributed by atoms with Gasteiger partial charge in [-0.1, -0.05) is 0 Å². The first-order chi connectivity index (χ1) is 10.3. The molecule has 1 aliphatic heterocycles. The molecule has 0 atom stereocenters. The van der Waals surface area contributed by atoms with Crippen LogP contribution in [-0.4, -0.2) is 39.1 Å². The largest absolute Gasteiger partial charge is 0.348 e. The number of nitrogens with one attached hydrogen (secondary N) is 2.